The number of phosphoric acid groups is 2. The van der Waals surface area contributed by atoms with Crippen molar-refractivity contribution in [3.63, 3.8) is 0 Å². The van der Waals surface area contributed by atoms with Crippen LogP contribution in [-0.4, -0.2) is 102 Å². The molecule has 0 aliphatic heterocycles. The molecule has 178 valence electrons. The first-order chi connectivity index (χ1) is 14.1. The lowest BCUT2D eigenvalue weighted by atomic mass is 9.85. The first kappa shape index (κ1) is 27.8. The van der Waals surface area contributed by atoms with Crippen LogP contribution < -0.4 is 0 Å². The van der Waals surface area contributed by atoms with Crippen LogP contribution in [0.5, 0.6) is 0 Å². The Labute approximate surface area is 173 Å². The molecule has 1 aliphatic rings. The number of aliphatic hydroxyl groups is 4. The van der Waals surface area contributed by atoms with E-state index >= 15 is 0 Å². The normalized spacial score (nSPS) is 32.0. The van der Waals surface area contributed by atoms with Crippen molar-refractivity contribution in [2.75, 3.05) is 6.61 Å². The third-order valence-corrected chi connectivity index (χ3v) is 5.60. The van der Waals surface area contributed by atoms with E-state index in [2.05, 4.69) is 13.6 Å². The van der Waals surface area contributed by atoms with E-state index in [0.29, 0.717) is 0 Å². The van der Waals surface area contributed by atoms with E-state index in [4.69, 9.17) is 9.79 Å². The first-order valence-corrected chi connectivity index (χ1v) is 11.2. The number of phosphoric ester groups is 2. The van der Waals surface area contributed by atoms with Crippen LogP contribution in [-0.2, 0) is 41.9 Å². The molecule has 0 heterocycles. The topological polar surface area (TPSA) is 272 Å². The molecular formula is C13H20O16P2. The number of hydrogen-bond acceptors (Lipinski definition) is 13. The van der Waals surface area contributed by atoms with E-state index in [1.54, 1.807) is 0 Å². The standard InChI is InChI=1S/C13H20O16P2/c14-2-6(16)1-5(7(17)3-15)4-27-31(25,26)29-13-10(20)8(18)12(9(19)11(13)21)28-30(22,23)24/h2-3,5,8-13,18-21H,1,4H2,(H,25,26)(H2,22,23,24)/t5-,8-,9?,10?,11-,12?,13?/m1/s1. The van der Waals surface area contributed by atoms with Crippen molar-refractivity contribution in [2.45, 2.75) is 43.0 Å². The molecule has 0 bridgehead atoms. The van der Waals surface area contributed by atoms with Gasteiger partial charge < -0.3 is 35.1 Å². The zero-order chi connectivity index (χ0) is 24.1. The quantitative estimate of drug-likeness (QED) is 0.0772. The van der Waals surface area contributed by atoms with Crippen LogP contribution in [0, 0.1) is 5.92 Å². The van der Waals surface area contributed by atoms with Gasteiger partial charge in [-0.05, 0) is 0 Å². The van der Waals surface area contributed by atoms with E-state index in [1.807, 2.05) is 0 Å². The van der Waals surface area contributed by atoms with Gasteiger partial charge >= 0.3 is 15.6 Å². The fourth-order valence-corrected chi connectivity index (χ4v) is 4.14. The van der Waals surface area contributed by atoms with Crippen LogP contribution >= 0.6 is 15.6 Å². The highest BCUT2D eigenvalue weighted by atomic mass is 31.2. The largest absolute Gasteiger partial charge is 0.472 e. The second-order valence-electron chi connectivity index (χ2n) is 6.36. The van der Waals surface area contributed by atoms with Crippen LogP contribution in [0.25, 0.3) is 0 Å². The molecule has 0 aromatic rings. The monoisotopic (exact) mass is 494 g/mol. The first-order valence-electron chi connectivity index (χ1n) is 8.22. The maximum atomic E-state index is 12.1. The number of aldehydes is 2. The van der Waals surface area contributed by atoms with E-state index in [-0.39, 0.29) is 12.6 Å². The molecule has 18 heteroatoms. The predicted molar refractivity (Wildman–Crippen MR) is 91.8 cm³/mol. The lowest BCUT2D eigenvalue weighted by Crippen LogP contribution is -2.64. The Morgan fingerprint density at radius 2 is 1.29 bits per heavy atom. The Kier molecular flexibility index (Phi) is 9.90. The second-order valence-corrected chi connectivity index (χ2v) is 8.96. The van der Waals surface area contributed by atoms with Crippen molar-refractivity contribution in [1.82, 2.24) is 0 Å². The van der Waals surface area contributed by atoms with Gasteiger partial charge in [-0.1, -0.05) is 0 Å². The number of aliphatic hydroxyl groups excluding tert-OH is 4. The maximum Gasteiger partial charge on any atom is 0.472 e. The lowest BCUT2D eigenvalue weighted by molar-refractivity contribution is -0.216. The van der Waals surface area contributed by atoms with E-state index in [9.17, 15) is 53.6 Å². The van der Waals surface area contributed by atoms with Crippen molar-refractivity contribution in [3.8, 4) is 0 Å². The average molecular weight is 494 g/mol. The van der Waals surface area contributed by atoms with Gasteiger partial charge in [-0.15, -0.1) is 0 Å². The van der Waals surface area contributed by atoms with Gasteiger partial charge in [0.05, 0.1) is 12.5 Å². The van der Waals surface area contributed by atoms with Gasteiger partial charge in [-0.25, -0.2) is 9.13 Å². The summed E-state index contributed by atoms with van der Waals surface area (Å²) in [6.45, 7) is -1.08. The minimum absolute atomic E-state index is 0.159. The number of carbonyl (C=O) groups is 4. The molecule has 1 fully saturated rings. The van der Waals surface area contributed by atoms with Gasteiger partial charge in [0.15, 0.2) is 18.4 Å². The second kappa shape index (κ2) is 11.0. The Balaban J connectivity index is 2.91. The zero-order valence-electron chi connectivity index (χ0n) is 15.3. The zero-order valence-corrected chi connectivity index (χ0v) is 17.1. The number of carbonyl (C=O) groups excluding carboxylic acids is 4. The van der Waals surface area contributed by atoms with Crippen LogP contribution in [0.15, 0.2) is 0 Å². The van der Waals surface area contributed by atoms with Crippen LogP contribution in [0.1, 0.15) is 6.42 Å². The fraction of sp³-hybridized carbons (Fsp3) is 0.692. The minimum atomic E-state index is -5.31. The fourth-order valence-electron chi connectivity index (χ4n) is 2.59. The molecule has 0 spiro atoms. The lowest BCUT2D eigenvalue weighted by Gasteiger charge is -2.43. The van der Waals surface area contributed by atoms with E-state index < -0.39 is 82.8 Å². The Hall–Kier alpha value is -1.26. The molecule has 31 heavy (non-hydrogen) atoms. The molecular weight excluding hydrogens is 474 g/mol. The summed E-state index contributed by atoms with van der Waals surface area (Å²) in [5.41, 5.74) is 0. The molecule has 1 aliphatic carbocycles. The van der Waals surface area contributed by atoms with Gasteiger partial charge in [0.25, 0.3) is 0 Å². The van der Waals surface area contributed by atoms with Crippen LogP contribution in [0.2, 0.25) is 0 Å². The summed E-state index contributed by atoms with van der Waals surface area (Å²) in [5.74, 6) is -4.02. The highest BCUT2D eigenvalue weighted by molar-refractivity contribution is 7.47. The summed E-state index contributed by atoms with van der Waals surface area (Å²) >= 11 is 0. The highest BCUT2D eigenvalue weighted by Crippen LogP contribution is 2.48. The van der Waals surface area contributed by atoms with Gasteiger partial charge in [0.2, 0.25) is 5.78 Å². The van der Waals surface area contributed by atoms with Crippen molar-refractivity contribution in [2.24, 2.45) is 5.92 Å². The van der Waals surface area contributed by atoms with Gasteiger partial charge in [-0.2, -0.15) is 0 Å². The summed E-state index contributed by atoms with van der Waals surface area (Å²) in [4.78, 5) is 70.8. The molecule has 1 rings (SSSR count). The van der Waals surface area contributed by atoms with Crippen molar-refractivity contribution >= 4 is 39.8 Å². The maximum absolute atomic E-state index is 12.1. The average Bonchev–Trinajstić information content (AvgIpc) is 2.68. The Bertz CT molecular complexity index is 761. The van der Waals surface area contributed by atoms with Crippen molar-refractivity contribution < 1.29 is 77.0 Å². The smallest absolute Gasteiger partial charge is 0.387 e. The summed E-state index contributed by atoms with van der Waals surface area (Å²) in [6, 6.07) is 0. The van der Waals surface area contributed by atoms with Gasteiger partial charge in [0.1, 0.15) is 36.6 Å². The summed E-state index contributed by atoms with van der Waals surface area (Å²) < 4.78 is 36.0. The molecule has 0 amide bonds. The Morgan fingerprint density at radius 1 is 0.839 bits per heavy atom. The molecule has 0 radical (unpaired) electrons. The molecule has 16 nitrogen and oxygen atoms in total. The van der Waals surface area contributed by atoms with Gasteiger partial charge in [-0.3, -0.25) is 32.7 Å². The van der Waals surface area contributed by atoms with Crippen LogP contribution in [0.3, 0.4) is 0 Å². The molecule has 0 aromatic carbocycles. The summed E-state index contributed by atoms with van der Waals surface area (Å²) in [5, 5.41) is 39.7. The van der Waals surface area contributed by atoms with Crippen molar-refractivity contribution in [3.05, 3.63) is 0 Å². The van der Waals surface area contributed by atoms with Gasteiger partial charge in [0, 0.05) is 6.42 Å². The summed E-state index contributed by atoms with van der Waals surface area (Å²) in [7, 11) is -10.6. The SMILES string of the molecule is O=CC(=O)C[C@H](COP(=O)(O)OC1C(O)[C@@H](O)C(OP(=O)(O)O)C(O)[C@H]1O)C(=O)C=O. The third-order valence-electron chi connectivity index (χ3n) is 4.10. The van der Waals surface area contributed by atoms with E-state index in [1.165, 1.54) is 0 Å². The molecule has 0 aromatic heterocycles. The third kappa shape index (κ3) is 7.98. The number of Topliss-reactive ketones (excluding diaryl/α,β-unsaturated/α-hetero) is 2. The number of hydrogen-bond donors (Lipinski definition) is 7. The molecule has 0 saturated heterocycles. The van der Waals surface area contributed by atoms with Crippen LogP contribution in [0.4, 0.5) is 0 Å². The number of ketones is 2. The highest BCUT2D eigenvalue weighted by Gasteiger charge is 2.54. The van der Waals surface area contributed by atoms with E-state index in [0.717, 1.165) is 0 Å². The minimum Gasteiger partial charge on any atom is -0.387 e. The van der Waals surface area contributed by atoms with Crippen molar-refractivity contribution in [1.29, 1.82) is 0 Å². The molecule has 7 N–H and O–H groups in total. The molecule has 8 atom stereocenters. The predicted octanol–water partition coefficient (Wildman–Crippen LogP) is -4.03. The number of rotatable bonds is 12. The Morgan fingerprint density at radius 3 is 1.68 bits per heavy atom. The molecule has 5 unspecified atom stereocenters. The summed E-state index contributed by atoms with van der Waals surface area (Å²) in [6.07, 6.45) is -15.0. The molecule has 1 saturated carbocycles.